The van der Waals surface area contributed by atoms with Gasteiger partial charge in [0.1, 0.15) is 17.5 Å². The van der Waals surface area contributed by atoms with Crippen LogP contribution in [-0.4, -0.2) is 67.8 Å². The molecule has 10 nitrogen and oxygen atoms in total. The number of nitrogens with zero attached hydrogens (tertiary/aromatic N) is 2. The molecule has 0 aliphatic carbocycles. The monoisotopic (exact) mass is 595 g/mol. The molecule has 4 N–H and O–H groups in total. The van der Waals surface area contributed by atoms with Crippen molar-refractivity contribution in [2.45, 2.75) is 13.5 Å². The van der Waals surface area contributed by atoms with Gasteiger partial charge in [-0.3, -0.25) is 19.3 Å². The summed E-state index contributed by atoms with van der Waals surface area (Å²) in [6.45, 7) is 1.72. The van der Waals surface area contributed by atoms with E-state index in [2.05, 4.69) is 10.6 Å². The largest absolute Gasteiger partial charge is 0.496 e. The van der Waals surface area contributed by atoms with Gasteiger partial charge in [-0.2, -0.15) is 0 Å². The maximum Gasteiger partial charge on any atom is 0.326 e. The van der Waals surface area contributed by atoms with Gasteiger partial charge in [0, 0.05) is 49.6 Å². The number of methoxy groups -OCH3 is 1. The number of carbonyl (C=O) groups is 4. The Hall–Kier alpha value is -4.48. The number of imide groups is 1. The number of urea groups is 1. The number of ether oxygens (including phenoxy) is 1. The molecule has 42 heavy (non-hydrogen) atoms. The van der Waals surface area contributed by atoms with E-state index in [1.54, 1.807) is 30.3 Å². The highest BCUT2D eigenvalue weighted by Crippen LogP contribution is 2.41. The SMILES string of the molecule is COc1cc(-c2cccc(-c3cccc(NC(=O)C4CN(C)C(=O)N(C)C4=O)c3C)c2Cl)cc(F)c1CNCC(N)=O. The minimum Gasteiger partial charge on any atom is -0.496 e. The summed E-state index contributed by atoms with van der Waals surface area (Å²) in [5.74, 6) is -2.98. The van der Waals surface area contributed by atoms with Gasteiger partial charge < -0.3 is 26.0 Å². The highest BCUT2D eigenvalue weighted by molar-refractivity contribution is 6.36. The molecule has 3 aromatic rings. The molecule has 1 unspecified atom stereocenters. The number of anilines is 1. The van der Waals surface area contributed by atoms with E-state index >= 15 is 4.39 Å². The minimum absolute atomic E-state index is 0.0273. The van der Waals surface area contributed by atoms with Crippen molar-refractivity contribution < 1.29 is 28.3 Å². The summed E-state index contributed by atoms with van der Waals surface area (Å²) < 4.78 is 20.6. The van der Waals surface area contributed by atoms with Gasteiger partial charge in [-0.1, -0.05) is 41.9 Å². The minimum atomic E-state index is -1.05. The first-order valence-electron chi connectivity index (χ1n) is 13.0. The van der Waals surface area contributed by atoms with Crippen molar-refractivity contribution in [1.29, 1.82) is 0 Å². The quantitative estimate of drug-likeness (QED) is 0.322. The lowest BCUT2D eigenvalue weighted by molar-refractivity contribution is -0.140. The number of nitrogens with two attached hydrogens (primary N) is 1. The first-order chi connectivity index (χ1) is 19.9. The van der Waals surface area contributed by atoms with E-state index in [1.807, 2.05) is 19.1 Å². The molecule has 1 heterocycles. The molecule has 1 saturated heterocycles. The molecular formula is C30H31ClFN5O5. The van der Waals surface area contributed by atoms with Crippen LogP contribution in [0.25, 0.3) is 22.3 Å². The van der Waals surface area contributed by atoms with E-state index in [9.17, 15) is 19.2 Å². The van der Waals surface area contributed by atoms with Gasteiger partial charge in [-0.15, -0.1) is 0 Å². The maximum atomic E-state index is 15.2. The lowest BCUT2D eigenvalue weighted by Crippen LogP contribution is -2.56. The zero-order chi connectivity index (χ0) is 30.7. The number of primary amides is 1. The number of rotatable bonds is 9. The summed E-state index contributed by atoms with van der Waals surface area (Å²) in [7, 11) is 4.30. The Morgan fingerprint density at radius 3 is 2.45 bits per heavy atom. The van der Waals surface area contributed by atoms with Gasteiger partial charge in [0.15, 0.2) is 0 Å². The summed E-state index contributed by atoms with van der Waals surface area (Å²) in [6, 6.07) is 13.2. The fourth-order valence-corrected chi connectivity index (χ4v) is 5.22. The van der Waals surface area contributed by atoms with Crippen LogP contribution in [0.5, 0.6) is 5.75 Å². The summed E-state index contributed by atoms with van der Waals surface area (Å²) in [4.78, 5) is 51.1. The fraction of sp³-hybridized carbons (Fsp3) is 0.267. The standard InChI is InChI=1S/C30H31ClFN5O5/c1-16-18(7-6-10-24(16)35-28(39)22-15-36(2)30(41)37(3)29(22)40)20-9-5-8-19(27(20)31)17-11-23(32)21(25(12-17)42-4)13-34-14-26(33)38/h5-12,22,34H,13-15H2,1-4H3,(H2,33,38)(H,35,39). The number of halogens is 2. The van der Waals surface area contributed by atoms with Crippen molar-refractivity contribution >= 4 is 41.0 Å². The zero-order valence-electron chi connectivity index (χ0n) is 23.6. The van der Waals surface area contributed by atoms with Gasteiger partial charge in [0.05, 0.1) is 18.7 Å². The van der Waals surface area contributed by atoms with Gasteiger partial charge in [0.2, 0.25) is 17.7 Å². The smallest absolute Gasteiger partial charge is 0.326 e. The summed E-state index contributed by atoms with van der Waals surface area (Å²) >= 11 is 6.90. The van der Waals surface area contributed by atoms with Crippen LogP contribution in [0.1, 0.15) is 11.1 Å². The topological polar surface area (TPSA) is 134 Å². The Bertz CT molecular complexity index is 1580. The molecule has 0 aromatic heterocycles. The van der Waals surface area contributed by atoms with Gasteiger partial charge in [0.25, 0.3) is 0 Å². The summed E-state index contributed by atoms with van der Waals surface area (Å²) in [6.07, 6.45) is 0. The third-order valence-corrected chi connectivity index (χ3v) is 7.59. The second-order valence-electron chi connectivity index (χ2n) is 9.96. The molecule has 0 bridgehead atoms. The van der Waals surface area contributed by atoms with Crippen molar-refractivity contribution in [2.24, 2.45) is 11.7 Å². The molecule has 12 heteroatoms. The Morgan fingerprint density at radius 2 is 1.76 bits per heavy atom. The third-order valence-electron chi connectivity index (χ3n) is 7.18. The molecule has 4 rings (SSSR count). The first kappa shape index (κ1) is 30.5. The van der Waals surface area contributed by atoms with Crippen LogP contribution in [0.15, 0.2) is 48.5 Å². The van der Waals surface area contributed by atoms with Crippen LogP contribution in [0.4, 0.5) is 14.9 Å². The molecule has 220 valence electrons. The van der Waals surface area contributed by atoms with E-state index in [0.29, 0.717) is 33.0 Å². The molecule has 1 aliphatic heterocycles. The van der Waals surface area contributed by atoms with Crippen LogP contribution in [0, 0.1) is 18.7 Å². The van der Waals surface area contributed by atoms with Crippen molar-refractivity contribution in [3.63, 3.8) is 0 Å². The molecule has 5 amide bonds. The number of hydrogen-bond acceptors (Lipinski definition) is 6. The van der Waals surface area contributed by atoms with Crippen molar-refractivity contribution in [1.82, 2.24) is 15.1 Å². The molecule has 1 aliphatic rings. The van der Waals surface area contributed by atoms with E-state index < -0.39 is 35.5 Å². The molecule has 1 atom stereocenters. The van der Waals surface area contributed by atoms with Crippen LogP contribution < -0.4 is 21.1 Å². The van der Waals surface area contributed by atoms with E-state index in [-0.39, 0.29) is 30.9 Å². The first-order valence-corrected chi connectivity index (χ1v) is 13.4. The normalized spacial score (nSPS) is 15.1. The Morgan fingerprint density at radius 1 is 1.10 bits per heavy atom. The number of benzene rings is 3. The Kier molecular flexibility index (Phi) is 9.13. The van der Waals surface area contributed by atoms with E-state index in [4.69, 9.17) is 22.1 Å². The van der Waals surface area contributed by atoms with E-state index in [0.717, 1.165) is 10.5 Å². The third kappa shape index (κ3) is 6.07. The van der Waals surface area contributed by atoms with Crippen molar-refractivity contribution in [3.05, 3.63) is 70.5 Å². The van der Waals surface area contributed by atoms with Gasteiger partial charge in [-0.25, -0.2) is 9.18 Å². The van der Waals surface area contributed by atoms with Crippen molar-refractivity contribution in [2.75, 3.05) is 39.6 Å². The summed E-state index contributed by atoms with van der Waals surface area (Å²) in [5, 5.41) is 5.97. The summed E-state index contributed by atoms with van der Waals surface area (Å²) in [5.41, 5.74) is 8.98. The average molecular weight is 596 g/mol. The van der Waals surface area contributed by atoms with Crippen LogP contribution in [0.3, 0.4) is 0 Å². The molecule has 0 saturated carbocycles. The van der Waals surface area contributed by atoms with Gasteiger partial charge >= 0.3 is 6.03 Å². The van der Waals surface area contributed by atoms with Crippen LogP contribution in [0.2, 0.25) is 5.02 Å². The van der Waals surface area contributed by atoms with Crippen molar-refractivity contribution in [3.8, 4) is 28.0 Å². The fourth-order valence-electron chi connectivity index (χ4n) is 4.89. The Labute approximate surface area is 247 Å². The molecule has 1 fully saturated rings. The zero-order valence-corrected chi connectivity index (χ0v) is 24.3. The van der Waals surface area contributed by atoms with E-state index in [1.165, 1.54) is 32.2 Å². The predicted molar refractivity (Wildman–Crippen MR) is 157 cm³/mol. The average Bonchev–Trinajstić information content (AvgIpc) is 2.95. The molecule has 3 aromatic carbocycles. The number of carbonyl (C=O) groups excluding carboxylic acids is 4. The Balaban J connectivity index is 1.65. The second kappa shape index (κ2) is 12.6. The highest BCUT2D eigenvalue weighted by atomic mass is 35.5. The number of nitrogens with one attached hydrogen (secondary N) is 2. The predicted octanol–water partition coefficient (Wildman–Crippen LogP) is 3.78. The van der Waals surface area contributed by atoms with Crippen LogP contribution >= 0.6 is 11.6 Å². The number of hydrogen-bond donors (Lipinski definition) is 3. The highest BCUT2D eigenvalue weighted by Gasteiger charge is 2.39. The number of amides is 5. The second-order valence-corrected chi connectivity index (χ2v) is 10.3. The maximum absolute atomic E-state index is 15.2. The molecule has 0 radical (unpaired) electrons. The lowest BCUT2D eigenvalue weighted by Gasteiger charge is -2.33. The molecular weight excluding hydrogens is 565 g/mol. The van der Waals surface area contributed by atoms with Crippen LogP contribution in [-0.2, 0) is 20.9 Å². The molecule has 0 spiro atoms. The van der Waals surface area contributed by atoms with Gasteiger partial charge in [-0.05, 0) is 41.8 Å². The lowest BCUT2D eigenvalue weighted by atomic mass is 9.94.